The fourth-order valence-electron chi connectivity index (χ4n) is 1.81. The van der Waals surface area contributed by atoms with Gasteiger partial charge in [0.05, 0.1) is 10.4 Å². The van der Waals surface area contributed by atoms with E-state index in [1.165, 1.54) is 17.4 Å². The fourth-order valence-corrected chi connectivity index (χ4v) is 2.83. The van der Waals surface area contributed by atoms with Gasteiger partial charge in [-0.1, -0.05) is 32.4 Å². The van der Waals surface area contributed by atoms with Gasteiger partial charge < -0.3 is 0 Å². The maximum atomic E-state index is 13.7. The van der Waals surface area contributed by atoms with Gasteiger partial charge in [-0.3, -0.25) is 4.79 Å². The van der Waals surface area contributed by atoms with Gasteiger partial charge in [-0.2, -0.15) is 0 Å². The molecule has 0 aliphatic carbocycles. The lowest BCUT2D eigenvalue weighted by Crippen LogP contribution is -2.08. The lowest BCUT2D eigenvalue weighted by molar-refractivity contribution is 0.103. The summed E-state index contributed by atoms with van der Waals surface area (Å²) in [7, 11) is 0. The molecule has 0 N–H and O–H groups in total. The summed E-state index contributed by atoms with van der Waals surface area (Å²) in [5.41, 5.74) is 1.05. The molecule has 0 bridgehead atoms. The molecule has 0 saturated heterocycles. The van der Waals surface area contributed by atoms with Gasteiger partial charge in [0, 0.05) is 4.88 Å². The third-order valence-electron chi connectivity index (χ3n) is 2.94. The number of ketones is 1. The van der Waals surface area contributed by atoms with Crippen LogP contribution >= 0.6 is 11.3 Å². The highest BCUT2D eigenvalue weighted by Gasteiger charge is 2.20. The minimum atomic E-state index is -0.457. The number of rotatable bonds is 2. The monoisotopic (exact) mass is 276 g/mol. The van der Waals surface area contributed by atoms with Crippen molar-refractivity contribution >= 4 is 17.1 Å². The molecule has 0 aliphatic rings. The van der Waals surface area contributed by atoms with E-state index in [4.69, 9.17) is 0 Å². The Morgan fingerprint density at radius 1 is 1.16 bits per heavy atom. The molecule has 2 rings (SSSR count). The molecule has 0 aliphatic heterocycles. The van der Waals surface area contributed by atoms with Gasteiger partial charge >= 0.3 is 0 Å². The zero-order valence-electron chi connectivity index (χ0n) is 11.6. The number of halogens is 1. The molecule has 1 nitrogen and oxygen atoms in total. The highest BCUT2D eigenvalue weighted by Crippen LogP contribution is 2.31. The van der Waals surface area contributed by atoms with E-state index in [-0.39, 0.29) is 16.8 Å². The van der Waals surface area contributed by atoms with Gasteiger partial charge in [-0.05, 0) is 36.6 Å². The van der Waals surface area contributed by atoms with E-state index in [2.05, 4.69) is 20.8 Å². The average Bonchev–Trinajstić information content (AvgIpc) is 2.80. The quantitative estimate of drug-likeness (QED) is 0.725. The predicted molar refractivity (Wildman–Crippen MR) is 77.6 cm³/mol. The summed E-state index contributed by atoms with van der Waals surface area (Å²) in [5, 5.41) is 0. The highest BCUT2D eigenvalue weighted by atomic mass is 32.1. The molecule has 1 heterocycles. The first-order valence-electron chi connectivity index (χ1n) is 6.20. The van der Waals surface area contributed by atoms with Crippen molar-refractivity contribution < 1.29 is 9.18 Å². The van der Waals surface area contributed by atoms with Gasteiger partial charge in [0.2, 0.25) is 5.78 Å². The van der Waals surface area contributed by atoms with E-state index in [0.29, 0.717) is 4.88 Å². The van der Waals surface area contributed by atoms with Crippen LogP contribution in [0.5, 0.6) is 0 Å². The van der Waals surface area contributed by atoms with Crippen molar-refractivity contribution in [3.05, 3.63) is 57.0 Å². The van der Waals surface area contributed by atoms with E-state index in [1.807, 2.05) is 13.0 Å². The Labute approximate surface area is 117 Å². The molecule has 3 heteroatoms. The van der Waals surface area contributed by atoms with Crippen LogP contribution in [-0.4, -0.2) is 5.78 Å². The molecule has 1 aromatic heterocycles. The lowest BCUT2D eigenvalue weighted by atomic mass is 9.95. The number of carbonyl (C=O) groups excluding carboxylic acids is 1. The SMILES string of the molecule is Cc1ccc(F)c(C(=O)c2ccc(C(C)(C)C)s2)c1. The molecule has 19 heavy (non-hydrogen) atoms. The second-order valence-corrected chi connectivity index (χ2v) is 6.81. The molecule has 0 unspecified atom stereocenters. The second kappa shape index (κ2) is 4.89. The third-order valence-corrected chi connectivity index (χ3v) is 4.45. The van der Waals surface area contributed by atoms with Gasteiger partial charge in [0.15, 0.2) is 0 Å². The molecular formula is C16H17FOS. The fraction of sp³-hybridized carbons (Fsp3) is 0.312. The molecule has 0 saturated carbocycles. The van der Waals surface area contributed by atoms with Gasteiger partial charge in [-0.25, -0.2) is 4.39 Å². The lowest BCUT2D eigenvalue weighted by Gasteiger charge is -2.15. The van der Waals surface area contributed by atoms with Crippen molar-refractivity contribution in [3.8, 4) is 0 Å². The van der Waals surface area contributed by atoms with E-state index in [0.717, 1.165) is 10.4 Å². The Hall–Kier alpha value is -1.48. The number of carbonyl (C=O) groups is 1. The maximum absolute atomic E-state index is 13.7. The first kappa shape index (κ1) is 13.9. The molecule has 0 atom stereocenters. The smallest absolute Gasteiger partial charge is 0.205 e. The predicted octanol–water partition coefficient (Wildman–Crippen LogP) is 4.72. The minimum absolute atomic E-state index is 0.00828. The summed E-state index contributed by atoms with van der Waals surface area (Å²) in [6.07, 6.45) is 0. The van der Waals surface area contributed by atoms with E-state index in [1.54, 1.807) is 18.2 Å². The molecule has 100 valence electrons. The Bertz CT molecular complexity index is 620. The van der Waals surface area contributed by atoms with E-state index in [9.17, 15) is 9.18 Å². The largest absolute Gasteiger partial charge is 0.288 e. The third kappa shape index (κ3) is 2.92. The Kier molecular flexibility index (Phi) is 3.59. The maximum Gasteiger partial charge on any atom is 0.205 e. The summed E-state index contributed by atoms with van der Waals surface area (Å²) in [4.78, 5) is 14.1. The zero-order chi connectivity index (χ0) is 14.2. The van der Waals surface area contributed by atoms with Crippen molar-refractivity contribution in [2.75, 3.05) is 0 Å². The van der Waals surface area contributed by atoms with Crippen molar-refractivity contribution in [2.24, 2.45) is 0 Å². The number of benzene rings is 1. The van der Waals surface area contributed by atoms with Crippen molar-refractivity contribution in [2.45, 2.75) is 33.1 Å². The zero-order valence-corrected chi connectivity index (χ0v) is 12.4. The molecule has 0 amide bonds. The van der Waals surface area contributed by atoms with Crippen molar-refractivity contribution in [1.29, 1.82) is 0 Å². The molecular weight excluding hydrogens is 259 g/mol. The summed E-state index contributed by atoms with van der Waals surface area (Å²) in [5.74, 6) is -0.692. The molecule has 1 aromatic carbocycles. The topological polar surface area (TPSA) is 17.1 Å². The Balaban J connectivity index is 2.39. The first-order valence-corrected chi connectivity index (χ1v) is 7.02. The second-order valence-electron chi connectivity index (χ2n) is 5.73. The summed E-state index contributed by atoms with van der Waals surface area (Å²) in [6, 6.07) is 8.36. The van der Waals surface area contributed by atoms with E-state index >= 15 is 0 Å². The van der Waals surface area contributed by atoms with Crippen LogP contribution in [0.3, 0.4) is 0 Å². The van der Waals surface area contributed by atoms with Crippen LogP contribution in [0, 0.1) is 12.7 Å². The van der Waals surface area contributed by atoms with Crippen LogP contribution in [0.15, 0.2) is 30.3 Å². The van der Waals surface area contributed by atoms with Crippen molar-refractivity contribution in [3.63, 3.8) is 0 Å². The summed E-state index contributed by atoms with van der Waals surface area (Å²) < 4.78 is 13.7. The van der Waals surface area contributed by atoms with Crippen LogP contribution in [0.2, 0.25) is 0 Å². The first-order chi connectivity index (χ1) is 8.79. The van der Waals surface area contributed by atoms with Crippen LogP contribution in [0.4, 0.5) is 4.39 Å². The number of aryl methyl sites for hydroxylation is 1. The normalized spacial score (nSPS) is 11.6. The Morgan fingerprint density at radius 2 is 1.84 bits per heavy atom. The summed E-state index contributed by atoms with van der Waals surface area (Å²) >= 11 is 1.44. The van der Waals surface area contributed by atoms with Crippen LogP contribution in [0.25, 0.3) is 0 Å². The number of hydrogen-bond donors (Lipinski definition) is 0. The van der Waals surface area contributed by atoms with E-state index < -0.39 is 5.82 Å². The van der Waals surface area contributed by atoms with Gasteiger partial charge in [0.1, 0.15) is 5.82 Å². The molecule has 0 radical (unpaired) electrons. The molecule has 0 fully saturated rings. The van der Waals surface area contributed by atoms with Crippen LogP contribution in [-0.2, 0) is 5.41 Å². The highest BCUT2D eigenvalue weighted by molar-refractivity contribution is 7.14. The molecule has 2 aromatic rings. The van der Waals surface area contributed by atoms with Gasteiger partial charge in [0.25, 0.3) is 0 Å². The van der Waals surface area contributed by atoms with Crippen LogP contribution in [0.1, 0.15) is 46.4 Å². The molecule has 0 spiro atoms. The number of thiophene rings is 1. The van der Waals surface area contributed by atoms with Crippen molar-refractivity contribution in [1.82, 2.24) is 0 Å². The minimum Gasteiger partial charge on any atom is -0.288 e. The number of hydrogen-bond acceptors (Lipinski definition) is 2. The Morgan fingerprint density at radius 3 is 2.42 bits per heavy atom. The average molecular weight is 276 g/mol. The van der Waals surface area contributed by atoms with Gasteiger partial charge in [-0.15, -0.1) is 11.3 Å². The van der Waals surface area contributed by atoms with Crippen LogP contribution < -0.4 is 0 Å². The standard InChI is InChI=1S/C16H17FOS/c1-10-5-6-12(17)11(9-10)15(18)13-7-8-14(19-13)16(2,3)4/h5-9H,1-4H3. The summed E-state index contributed by atoms with van der Waals surface area (Å²) in [6.45, 7) is 8.15.